The molecule has 0 aromatic heterocycles. The molecule has 34 heavy (non-hydrogen) atoms. The van der Waals surface area contributed by atoms with E-state index in [4.69, 9.17) is 0 Å². The Balaban J connectivity index is 1.59. The van der Waals surface area contributed by atoms with E-state index in [-0.39, 0.29) is 30.2 Å². The second-order valence-corrected chi connectivity index (χ2v) is 9.36. The third-order valence-corrected chi connectivity index (χ3v) is 6.95. The Morgan fingerprint density at radius 1 is 1.09 bits per heavy atom. The van der Waals surface area contributed by atoms with Crippen LogP contribution in [0.2, 0.25) is 0 Å². The van der Waals surface area contributed by atoms with Crippen LogP contribution < -0.4 is 10.6 Å². The van der Waals surface area contributed by atoms with Crippen molar-refractivity contribution in [2.45, 2.75) is 51.8 Å². The minimum Gasteiger partial charge on any atom is -0.352 e. The molecule has 3 rings (SSSR count). The predicted molar refractivity (Wildman–Crippen MR) is 138 cm³/mol. The molecule has 0 aliphatic carbocycles. The number of amidine groups is 1. The molecule has 2 aromatic rings. The Bertz CT molecular complexity index is 1060. The standard InChI is InChI=1S/C26H32N4O3S/c1-5-21(18-13-11-17(4)12-14-18)28-24(32)19-9-8-10-20(15-19)27-23(31)16-22-25(33)29-26(34-22)30(6-2)7-3/h8-15,21-22H,5-7,16H2,1-4H3,(H,27,31)(H,28,32). The Morgan fingerprint density at radius 2 is 1.79 bits per heavy atom. The van der Waals surface area contributed by atoms with E-state index in [9.17, 15) is 14.4 Å². The van der Waals surface area contributed by atoms with Crippen LogP contribution in [0.4, 0.5) is 5.69 Å². The van der Waals surface area contributed by atoms with Gasteiger partial charge in [-0.15, -0.1) is 0 Å². The summed E-state index contributed by atoms with van der Waals surface area (Å²) in [5.74, 6) is -0.773. The summed E-state index contributed by atoms with van der Waals surface area (Å²) in [4.78, 5) is 43.8. The summed E-state index contributed by atoms with van der Waals surface area (Å²) in [7, 11) is 0. The van der Waals surface area contributed by atoms with Crippen LogP contribution in [-0.4, -0.2) is 46.1 Å². The molecular formula is C26H32N4O3S. The van der Waals surface area contributed by atoms with Crippen LogP contribution in [0.5, 0.6) is 0 Å². The van der Waals surface area contributed by atoms with Gasteiger partial charge in [0, 0.05) is 30.8 Å². The number of hydrogen-bond donors (Lipinski definition) is 2. The lowest BCUT2D eigenvalue weighted by molar-refractivity contribution is -0.121. The number of thioether (sulfide) groups is 1. The number of nitrogens with zero attached hydrogens (tertiary/aromatic N) is 2. The van der Waals surface area contributed by atoms with E-state index in [2.05, 4.69) is 15.6 Å². The fourth-order valence-electron chi connectivity index (χ4n) is 3.72. The summed E-state index contributed by atoms with van der Waals surface area (Å²) >= 11 is 1.33. The smallest absolute Gasteiger partial charge is 0.262 e. The average Bonchev–Trinajstić information content (AvgIpc) is 3.18. The molecule has 8 heteroatoms. The van der Waals surface area contributed by atoms with Crippen molar-refractivity contribution in [2.75, 3.05) is 18.4 Å². The van der Waals surface area contributed by atoms with Crippen molar-refractivity contribution in [1.82, 2.24) is 10.2 Å². The molecule has 7 nitrogen and oxygen atoms in total. The topological polar surface area (TPSA) is 90.9 Å². The first-order valence-corrected chi connectivity index (χ1v) is 12.5. The van der Waals surface area contributed by atoms with Gasteiger partial charge in [0.25, 0.3) is 11.8 Å². The number of anilines is 1. The number of hydrogen-bond acceptors (Lipinski definition) is 5. The first kappa shape index (κ1) is 25.5. The maximum Gasteiger partial charge on any atom is 0.262 e. The molecule has 3 amide bonds. The van der Waals surface area contributed by atoms with Gasteiger partial charge in [0.2, 0.25) is 5.91 Å². The number of benzene rings is 2. The molecule has 1 aliphatic rings. The second kappa shape index (κ2) is 11.8. The molecule has 1 aliphatic heterocycles. The highest BCUT2D eigenvalue weighted by atomic mass is 32.2. The van der Waals surface area contributed by atoms with Crippen molar-refractivity contribution in [2.24, 2.45) is 4.99 Å². The lowest BCUT2D eigenvalue weighted by Gasteiger charge is -2.19. The van der Waals surface area contributed by atoms with E-state index in [1.54, 1.807) is 24.3 Å². The van der Waals surface area contributed by atoms with E-state index in [1.807, 2.05) is 56.9 Å². The molecule has 0 bridgehead atoms. The highest BCUT2D eigenvalue weighted by Crippen LogP contribution is 2.27. The minimum atomic E-state index is -0.526. The molecule has 0 saturated heterocycles. The first-order chi connectivity index (χ1) is 16.3. The normalized spacial score (nSPS) is 16.1. The Labute approximate surface area is 205 Å². The number of carbonyl (C=O) groups is 3. The summed E-state index contributed by atoms with van der Waals surface area (Å²) in [6, 6.07) is 14.8. The zero-order chi connectivity index (χ0) is 24.7. The summed E-state index contributed by atoms with van der Waals surface area (Å²) in [5.41, 5.74) is 3.20. The monoisotopic (exact) mass is 480 g/mol. The van der Waals surface area contributed by atoms with Crippen LogP contribution in [0.1, 0.15) is 61.1 Å². The van der Waals surface area contributed by atoms with E-state index < -0.39 is 5.25 Å². The average molecular weight is 481 g/mol. The van der Waals surface area contributed by atoms with Crippen molar-refractivity contribution in [3.8, 4) is 0 Å². The summed E-state index contributed by atoms with van der Waals surface area (Å²) in [5, 5.41) is 6.03. The molecular weight excluding hydrogens is 448 g/mol. The molecule has 1 heterocycles. The third-order valence-electron chi connectivity index (χ3n) is 5.74. The van der Waals surface area contributed by atoms with Gasteiger partial charge in [0.15, 0.2) is 5.17 Å². The Hall–Kier alpha value is -3.13. The quantitative estimate of drug-likeness (QED) is 0.550. The number of rotatable bonds is 9. The summed E-state index contributed by atoms with van der Waals surface area (Å²) in [6.45, 7) is 9.58. The van der Waals surface area contributed by atoms with Crippen LogP contribution in [0.25, 0.3) is 0 Å². The summed E-state index contributed by atoms with van der Waals surface area (Å²) < 4.78 is 0. The fraction of sp³-hybridized carbons (Fsp3) is 0.385. The molecule has 2 atom stereocenters. The van der Waals surface area contributed by atoms with Gasteiger partial charge in [0.05, 0.1) is 6.04 Å². The van der Waals surface area contributed by atoms with Crippen molar-refractivity contribution < 1.29 is 14.4 Å². The molecule has 0 fully saturated rings. The second-order valence-electron chi connectivity index (χ2n) is 8.19. The van der Waals surface area contributed by atoms with Crippen LogP contribution >= 0.6 is 11.8 Å². The van der Waals surface area contributed by atoms with Crippen molar-refractivity contribution in [3.05, 3.63) is 65.2 Å². The predicted octanol–water partition coefficient (Wildman–Crippen LogP) is 4.54. The van der Waals surface area contributed by atoms with Crippen LogP contribution in [-0.2, 0) is 9.59 Å². The Morgan fingerprint density at radius 3 is 2.44 bits per heavy atom. The fourth-order valence-corrected chi connectivity index (χ4v) is 4.91. The van der Waals surface area contributed by atoms with Gasteiger partial charge >= 0.3 is 0 Å². The lowest BCUT2D eigenvalue weighted by atomic mass is 10.0. The van der Waals surface area contributed by atoms with E-state index >= 15 is 0 Å². The van der Waals surface area contributed by atoms with Crippen LogP contribution in [0, 0.1) is 6.92 Å². The van der Waals surface area contributed by atoms with Gasteiger partial charge in [-0.2, -0.15) is 4.99 Å². The maximum absolute atomic E-state index is 12.9. The van der Waals surface area contributed by atoms with Gasteiger partial charge < -0.3 is 15.5 Å². The number of aryl methyl sites for hydroxylation is 1. The largest absolute Gasteiger partial charge is 0.352 e. The van der Waals surface area contributed by atoms with Gasteiger partial charge in [-0.1, -0.05) is 54.6 Å². The third kappa shape index (κ3) is 6.47. The van der Waals surface area contributed by atoms with Crippen molar-refractivity contribution in [1.29, 1.82) is 0 Å². The number of amides is 3. The lowest BCUT2D eigenvalue weighted by Crippen LogP contribution is -2.28. The Kier molecular flexibility index (Phi) is 8.87. The van der Waals surface area contributed by atoms with E-state index in [0.29, 0.717) is 16.4 Å². The van der Waals surface area contributed by atoms with Gasteiger partial charge in [-0.05, 0) is 51.0 Å². The highest BCUT2D eigenvalue weighted by Gasteiger charge is 2.32. The zero-order valence-electron chi connectivity index (χ0n) is 20.1. The molecule has 2 N–H and O–H groups in total. The SMILES string of the molecule is CCC(NC(=O)c1cccc(NC(=O)CC2SC(N(CC)CC)=NC2=O)c1)c1ccc(C)cc1. The maximum atomic E-state index is 12.9. The van der Waals surface area contributed by atoms with Crippen LogP contribution in [0.15, 0.2) is 53.5 Å². The van der Waals surface area contributed by atoms with E-state index in [1.165, 1.54) is 17.3 Å². The molecule has 2 unspecified atom stereocenters. The number of nitrogens with one attached hydrogen (secondary N) is 2. The molecule has 2 aromatic carbocycles. The number of aliphatic imine (C=N–C) groups is 1. The molecule has 0 saturated carbocycles. The highest BCUT2D eigenvalue weighted by molar-refractivity contribution is 8.15. The molecule has 180 valence electrons. The van der Waals surface area contributed by atoms with Crippen molar-refractivity contribution in [3.63, 3.8) is 0 Å². The van der Waals surface area contributed by atoms with Crippen LogP contribution in [0.3, 0.4) is 0 Å². The van der Waals surface area contributed by atoms with Gasteiger partial charge in [-0.25, -0.2) is 0 Å². The zero-order valence-corrected chi connectivity index (χ0v) is 20.9. The minimum absolute atomic E-state index is 0.0273. The first-order valence-electron chi connectivity index (χ1n) is 11.7. The molecule has 0 spiro atoms. The van der Waals surface area contributed by atoms with Gasteiger partial charge in [-0.3, -0.25) is 14.4 Å². The van der Waals surface area contributed by atoms with Crippen molar-refractivity contribution >= 4 is 40.3 Å². The molecule has 0 radical (unpaired) electrons. The van der Waals surface area contributed by atoms with Gasteiger partial charge in [0.1, 0.15) is 5.25 Å². The number of carbonyl (C=O) groups excluding carboxylic acids is 3. The summed E-state index contributed by atoms with van der Waals surface area (Å²) in [6.07, 6.45) is 0.787. The van der Waals surface area contributed by atoms with E-state index in [0.717, 1.165) is 25.1 Å².